The fourth-order valence-corrected chi connectivity index (χ4v) is 3.57. The molecule has 2 aromatic rings. The number of alkyl carbamates (subject to hydrolysis) is 1. The van der Waals surface area contributed by atoms with Gasteiger partial charge in [-0.2, -0.15) is 0 Å². The van der Waals surface area contributed by atoms with Crippen LogP contribution in [0.2, 0.25) is 0 Å². The third kappa shape index (κ3) is 11.5. The standard InChI is InChI=1S/C27H36BrNO5/c1-27(2,3)34-26(31)29-24(25(30)33-20-22-11-7-6-8-12-22)19-21-13-15-23(16-14-21)32-18-10-5-4-9-17-28/h6-8,11-16,24H,4-5,9-10,17-20H2,1-3H3,(H,29,31). The van der Waals surface area contributed by atoms with Gasteiger partial charge in [-0.3, -0.25) is 0 Å². The molecule has 7 heteroatoms. The van der Waals surface area contributed by atoms with Gasteiger partial charge in [0.05, 0.1) is 6.61 Å². The second-order valence-electron chi connectivity index (χ2n) is 9.09. The molecule has 2 rings (SSSR count). The molecule has 1 atom stereocenters. The minimum absolute atomic E-state index is 0.134. The molecule has 0 saturated carbocycles. The summed E-state index contributed by atoms with van der Waals surface area (Å²) in [5.41, 5.74) is 1.08. The number of hydrogen-bond donors (Lipinski definition) is 1. The molecule has 34 heavy (non-hydrogen) atoms. The molecule has 1 amide bonds. The van der Waals surface area contributed by atoms with Crippen LogP contribution in [0.25, 0.3) is 0 Å². The van der Waals surface area contributed by atoms with E-state index in [0.29, 0.717) is 6.61 Å². The van der Waals surface area contributed by atoms with Gasteiger partial charge in [0.1, 0.15) is 24.0 Å². The van der Waals surface area contributed by atoms with Crippen LogP contribution < -0.4 is 10.1 Å². The summed E-state index contributed by atoms with van der Waals surface area (Å²) < 4.78 is 16.6. The SMILES string of the molecule is CC(C)(C)OC(=O)NC(Cc1ccc(OCCCCCCBr)cc1)C(=O)OCc1ccccc1. The van der Waals surface area contributed by atoms with E-state index in [2.05, 4.69) is 21.2 Å². The summed E-state index contributed by atoms with van der Waals surface area (Å²) in [6.07, 6.45) is 4.16. The first-order valence-electron chi connectivity index (χ1n) is 11.7. The zero-order valence-electron chi connectivity index (χ0n) is 20.3. The largest absolute Gasteiger partial charge is 0.494 e. The van der Waals surface area contributed by atoms with Crippen molar-refractivity contribution in [1.29, 1.82) is 0 Å². The van der Waals surface area contributed by atoms with Crippen LogP contribution in [-0.2, 0) is 27.3 Å². The maximum Gasteiger partial charge on any atom is 0.408 e. The molecular formula is C27H36BrNO5. The lowest BCUT2D eigenvalue weighted by Gasteiger charge is -2.23. The summed E-state index contributed by atoms with van der Waals surface area (Å²) in [4.78, 5) is 25.2. The Kier molecular flexibility index (Phi) is 11.9. The molecular weight excluding hydrogens is 498 g/mol. The Labute approximate surface area is 211 Å². The molecule has 0 radical (unpaired) electrons. The zero-order valence-corrected chi connectivity index (χ0v) is 21.9. The van der Waals surface area contributed by atoms with Crippen LogP contribution in [-0.4, -0.2) is 35.6 Å². The molecule has 0 aliphatic carbocycles. The van der Waals surface area contributed by atoms with Crippen LogP contribution in [0.5, 0.6) is 5.75 Å². The van der Waals surface area contributed by atoms with Crippen molar-refractivity contribution >= 4 is 28.0 Å². The van der Waals surface area contributed by atoms with Gasteiger partial charge in [0.2, 0.25) is 0 Å². The molecule has 1 N–H and O–H groups in total. The van der Waals surface area contributed by atoms with E-state index in [-0.39, 0.29) is 13.0 Å². The van der Waals surface area contributed by atoms with Gasteiger partial charge in [-0.05, 0) is 56.9 Å². The number of hydrogen-bond acceptors (Lipinski definition) is 5. The van der Waals surface area contributed by atoms with Crippen molar-refractivity contribution in [1.82, 2.24) is 5.32 Å². The quantitative estimate of drug-likeness (QED) is 0.188. The summed E-state index contributed by atoms with van der Waals surface area (Å²) in [6.45, 7) is 6.13. The maximum absolute atomic E-state index is 12.8. The van der Waals surface area contributed by atoms with Crippen LogP contribution in [0.3, 0.4) is 0 Å². The lowest BCUT2D eigenvalue weighted by Crippen LogP contribution is -2.45. The van der Waals surface area contributed by atoms with Crippen molar-refractivity contribution in [2.24, 2.45) is 0 Å². The highest BCUT2D eigenvalue weighted by atomic mass is 79.9. The third-order valence-corrected chi connectivity index (χ3v) is 5.42. The number of ether oxygens (including phenoxy) is 3. The Hall–Kier alpha value is -2.54. The Morgan fingerprint density at radius 3 is 2.24 bits per heavy atom. The molecule has 0 aliphatic rings. The van der Waals surface area contributed by atoms with E-state index < -0.39 is 23.7 Å². The van der Waals surface area contributed by atoms with Crippen molar-refractivity contribution in [3.63, 3.8) is 0 Å². The van der Waals surface area contributed by atoms with Gasteiger partial charge in [-0.1, -0.05) is 71.2 Å². The number of rotatable bonds is 13. The molecule has 0 bridgehead atoms. The van der Waals surface area contributed by atoms with Crippen molar-refractivity contribution < 1.29 is 23.8 Å². The monoisotopic (exact) mass is 533 g/mol. The van der Waals surface area contributed by atoms with Crippen LogP contribution in [0.1, 0.15) is 57.6 Å². The molecule has 0 heterocycles. The summed E-state index contributed by atoms with van der Waals surface area (Å²) in [6, 6.07) is 16.1. The number of carbonyl (C=O) groups excluding carboxylic acids is 2. The van der Waals surface area contributed by atoms with Gasteiger partial charge in [-0.15, -0.1) is 0 Å². The second-order valence-corrected chi connectivity index (χ2v) is 9.88. The molecule has 0 saturated heterocycles. The third-order valence-electron chi connectivity index (χ3n) is 4.86. The molecule has 0 aliphatic heterocycles. The van der Waals surface area contributed by atoms with Gasteiger partial charge in [0.25, 0.3) is 0 Å². The summed E-state index contributed by atoms with van der Waals surface area (Å²) in [5.74, 6) is 0.270. The predicted octanol–water partition coefficient (Wildman–Crippen LogP) is 6.20. The van der Waals surface area contributed by atoms with Crippen molar-refractivity contribution in [2.45, 2.75) is 71.1 Å². The number of unbranched alkanes of at least 4 members (excludes halogenated alkanes) is 3. The van der Waals surface area contributed by atoms with Crippen LogP contribution in [0, 0.1) is 0 Å². The highest BCUT2D eigenvalue weighted by Crippen LogP contribution is 2.16. The number of nitrogens with one attached hydrogen (secondary N) is 1. The van der Waals surface area contributed by atoms with Gasteiger partial charge in [0.15, 0.2) is 0 Å². The molecule has 186 valence electrons. The number of halogens is 1. The topological polar surface area (TPSA) is 73.9 Å². The van der Waals surface area contributed by atoms with Gasteiger partial charge < -0.3 is 19.5 Å². The smallest absolute Gasteiger partial charge is 0.408 e. The lowest BCUT2D eigenvalue weighted by molar-refractivity contribution is -0.147. The molecule has 0 aromatic heterocycles. The van der Waals surface area contributed by atoms with E-state index in [4.69, 9.17) is 14.2 Å². The lowest BCUT2D eigenvalue weighted by atomic mass is 10.1. The first kappa shape index (κ1) is 27.7. The Morgan fingerprint density at radius 2 is 1.59 bits per heavy atom. The minimum Gasteiger partial charge on any atom is -0.494 e. The summed E-state index contributed by atoms with van der Waals surface area (Å²) in [5, 5.41) is 3.70. The van der Waals surface area contributed by atoms with Gasteiger partial charge in [-0.25, -0.2) is 9.59 Å². The van der Waals surface area contributed by atoms with Crippen LogP contribution >= 0.6 is 15.9 Å². The Balaban J connectivity index is 1.95. The first-order valence-corrected chi connectivity index (χ1v) is 12.9. The number of esters is 1. The van der Waals surface area contributed by atoms with Crippen LogP contribution in [0.15, 0.2) is 54.6 Å². The van der Waals surface area contributed by atoms with Gasteiger partial charge >= 0.3 is 12.1 Å². The average molecular weight is 534 g/mol. The fourth-order valence-electron chi connectivity index (χ4n) is 3.17. The van der Waals surface area contributed by atoms with E-state index in [1.54, 1.807) is 20.8 Å². The predicted molar refractivity (Wildman–Crippen MR) is 137 cm³/mol. The first-order chi connectivity index (χ1) is 16.3. The zero-order chi connectivity index (χ0) is 24.8. The Bertz CT molecular complexity index is 865. The van der Waals surface area contributed by atoms with Gasteiger partial charge in [0, 0.05) is 11.8 Å². The Morgan fingerprint density at radius 1 is 0.912 bits per heavy atom. The molecule has 0 fully saturated rings. The molecule has 1 unspecified atom stereocenters. The summed E-state index contributed by atoms with van der Waals surface area (Å²) in [7, 11) is 0. The second kappa shape index (κ2) is 14.7. The average Bonchev–Trinajstić information content (AvgIpc) is 2.80. The maximum atomic E-state index is 12.8. The number of benzene rings is 2. The minimum atomic E-state index is -0.875. The number of carbonyl (C=O) groups is 2. The van der Waals surface area contributed by atoms with E-state index in [1.807, 2.05) is 54.6 Å². The highest BCUT2D eigenvalue weighted by Gasteiger charge is 2.26. The number of amides is 1. The van der Waals surface area contributed by atoms with Crippen molar-refractivity contribution in [3.8, 4) is 5.75 Å². The number of alkyl halides is 1. The molecule has 6 nitrogen and oxygen atoms in total. The van der Waals surface area contributed by atoms with E-state index in [1.165, 1.54) is 12.8 Å². The fraction of sp³-hybridized carbons (Fsp3) is 0.481. The highest BCUT2D eigenvalue weighted by molar-refractivity contribution is 9.09. The normalized spacial score (nSPS) is 12.0. The van der Waals surface area contributed by atoms with E-state index >= 15 is 0 Å². The summed E-state index contributed by atoms with van der Waals surface area (Å²) >= 11 is 3.44. The molecule has 0 spiro atoms. The van der Waals surface area contributed by atoms with Crippen molar-refractivity contribution in [2.75, 3.05) is 11.9 Å². The van der Waals surface area contributed by atoms with Crippen molar-refractivity contribution in [3.05, 3.63) is 65.7 Å². The van der Waals surface area contributed by atoms with E-state index in [9.17, 15) is 9.59 Å². The van der Waals surface area contributed by atoms with Crippen LogP contribution in [0.4, 0.5) is 4.79 Å². The molecule has 2 aromatic carbocycles. The van der Waals surface area contributed by atoms with E-state index in [0.717, 1.165) is 35.0 Å².